The second-order valence-electron chi connectivity index (χ2n) is 8.25. The van der Waals surface area contributed by atoms with Crippen LogP contribution in [0.15, 0.2) is 53.8 Å². The fraction of sp³-hybridized carbons (Fsp3) is 0.292. The van der Waals surface area contributed by atoms with Gasteiger partial charge in [-0.1, -0.05) is 37.3 Å². The standard InChI is InChI=1S/C24H22F3N3O4S/c1-2-12-35(33,34)23-28-13-20(29-23)22(32)30-11-10-18-16(14-30)4-3-5-19(18)21(31)15-6-8-17(9-7-15)24(25,26)27/h3-9,13H,2,10-12,14H2,1H3,(H,28,29). The normalized spacial score (nSPS) is 14.0. The molecule has 0 aliphatic carbocycles. The molecule has 4 rings (SSSR count). The van der Waals surface area contributed by atoms with Gasteiger partial charge in [0.25, 0.3) is 5.91 Å². The van der Waals surface area contributed by atoms with Gasteiger partial charge in [-0.3, -0.25) is 9.59 Å². The highest BCUT2D eigenvalue weighted by atomic mass is 32.2. The molecule has 0 bridgehead atoms. The Labute approximate surface area is 199 Å². The van der Waals surface area contributed by atoms with Crippen LogP contribution < -0.4 is 0 Å². The smallest absolute Gasteiger partial charge is 0.333 e. The molecule has 2 heterocycles. The number of fused-ring (bicyclic) bond motifs is 1. The number of aromatic amines is 1. The predicted octanol–water partition coefficient (Wildman–Crippen LogP) is 4.04. The van der Waals surface area contributed by atoms with E-state index in [4.69, 9.17) is 0 Å². The SMILES string of the molecule is CCCS(=O)(=O)c1ncc(C(=O)N2CCc3c(cccc3C(=O)c3ccc(C(F)(F)F)cc3)C2)[nH]1. The lowest BCUT2D eigenvalue weighted by atomic mass is 9.90. The number of nitrogens with zero attached hydrogens (tertiary/aromatic N) is 2. The number of hydrogen-bond donors (Lipinski definition) is 1. The van der Waals surface area contributed by atoms with Crippen molar-refractivity contribution in [1.82, 2.24) is 14.9 Å². The van der Waals surface area contributed by atoms with Crippen molar-refractivity contribution in [3.8, 4) is 0 Å². The van der Waals surface area contributed by atoms with Gasteiger partial charge in [0, 0.05) is 24.2 Å². The molecule has 35 heavy (non-hydrogen) atoms. The molecule has 1 aliphatic rings. The van der Waals surface area contributed by atoms with Gasteiger partial charge < -0.3 is 9.88 Å². The molecule has 0 unspecified atom stereocenters. The van der Waals surface area contributed by atoms with Crippen LogP contribution in [0, 0.1) is 0 Å². The third-order valence-corrected chi connectivity index (χ3v) is 7.56. The Morgan fingerprint density at radius 1 is 1.11 bits per heavy atom. The van der Waals surface area contributed by atoms with Crippen LogP contribution in [0.4, 0.5) is 13.2 Å². The molecule has 0 atom stereocenters. The summed E-state index contributed by atoms with van der Waals surface area (Å²) in [6.45, 7) is 2.20. The Balaban J connectivity index is 1.54. The van der Waals surface area contributed by atoms with E-state index in [-0.39, 0.29) is 35.3 Å². The van der Waals surface area contributed by atoms with Crippen LogP contribution in [0.3, 0.4) is 0 Å². The van der Waals surface area contributed by atoms with Gasteiger partial charge in [0.2, 0.25) is 15.0 Å². The van der Waals surface area contributed by atoms with Crippen LogP contribution in [-0.4, -0.2) is 47.3 Å². The number of hydrogen-bond acceptors (Lipinski definition) is 5. The molecule has 11 heteroatoms. The fourth-order valence-electron chi connectivity index (χ4n) is 4.07. The summed E-state index contributed by atoms with van der Waals surface area (Å²) in [6.07, 6.45) is -2.51. The number of aromatic nitrogens is 2. The number of H-pyrrole nitrogens is 1. The van der Waals surface area contributed by atoms with Crippen LogP contribution >= 0.6 is 0 Å². The minimum atomic E-state index is -4.49. The number of amides is 1. The van der Waals surface area contributed by atoms with E-state index in [1.165, 1.54) is 11.1 Å². The lowest BCUT2D eigenvalue weighted by Gasteiger charge is -2.29. The average Bonchev–Trinajstić information content (AvgIpc) is 3.33. The van der Waals surface area contributed by atoms with E-state index in [1.807, 2.05) is 0 Å². The predicted molar refractivity (Wildman–Crippen MR) is 121 cm³/mol. The Bertz CT molecular complexity index is 1380. The van der Waals surface area contributed by atoms with E-state index in [1.54, 1.807) is 25.1 Å². The van der Waals surface area contributed by atoms with Gasteiger partial charge in [0.1, 0.15) is 5.69 Å². The lowest BCUT2D eigenvalue weighted by Crippen LogP contribution is -2.36. The first-order chi connectivity index (χ1) is 16.5. The van der Waals surface area contributed by atoms with Gasteiger partial charge in [0.15, 0.2) is 5.78 Å². The first-order valence-electron chi connectivity index (χ1n) is 10.9. The lowest BCUT2D eigenvalue weighted by molar-refractivity contribution is -0.137. The summed E-state index contributed by atoms with van der Waals surface area (Å²) in [4.78, 5) is 34.0. The zero-order valence-electron chi connectivity index (χ0n) is 18.7. The molecule has 0 spiro atoms. The van der Waals surface area contributed by atoms with E-state index in [0.29, 0.717) is 18.4 Å². The molecule has 2 aromatic carbocycles. The molecule has 0 radical (unpaired) electrons. The Hall–Kier alpha value is -3.47. The largest absolute Gasteiger partial charge is 0.416 e. The van der Waals surface area contributed by atoms with Crippen LogP contribution in [0.5, 0.6) is 0 Å². The average molecular weight is 506 g/mol. The molecule has 1 amide bonds. The maximum atomic E-state index is 13.0. The molecular weight excluding hydrogens is 483 g/mol. The Morgan fingerprint density at radius 3 is 2.49 bits per heavy atom. The number of carbonyl (C=O) groups is 2. The van der Waals surface area contributed by atoms with Crippen molar-refractivity contribution in [2.45, 2.75) is 37.6 Å². The third kappa shape index (κ3) is 5.00. The van der Waals surface area contributed by atoms with Crippen molar-refractivity contribution in [1.29, 1.82) is 0 Å². The summed E-state index contributed by atoms with van der Waals surface area (Å²) in [6, 6.07) is 9.14. The van der Waals surface area contributed by atoms with Crippen molar-refractivity contribution in [2.24, 2.45) is 0 Å². The van der Waals surface area contributed by atoms with Crippen LogP contribution in [0.25, 0.3) is 0 Å². The zero-order chi connectivity index (χ0) is 25.4. The summed E-state index contributed by atoms with van der Waals surface area (Å²) in [7, 11) is -3.59. The highest BCUT2D eigenvalue weighted by molar-refractivity contribution is 7.91. The number of imidazole rings is 1. The van der Waals surface area contributed by atoms with E-state index in [0.717, 1.165) is 35.4 Å². The van der Waals surface area contributed by atoms with Crippen molar-refractivity contribution >= 4 is 21.5 Å². The van der Waals surface area contributed by atoms with E-state index in [2.05, 4.69) is 9.97 Å². The number of carbonyl (C=O) groups excluding carboxylic acids is 2. The summed E-state index contributed by atoms with van der Waals surface area (Å²) < 4.78 is 62.9. The maximum absolute atomic E-state index is 13.0. The highest BCUT2D eigenvalue weighted by Gasteiger charge is 2.31. The van der Waals surface area contributed by atoms with Crippen molar-refractivity contribution in [3.63, 3.8) is 0 Å². The van der Waals surface area contributed by atoms with Gasteiger partial charge in [-0.05, 0) is 36.1 Å². The molecule has 1 aliphatic heterocycles. The second kappa shape index (κ2) is 9.29. The molecule has 1 N–H and O–H groups in total. The summed E-state index contributed by atoms with van der Waals surface area (Å²) >= 11 is 0. The highest BCUT2D eigenvalue weighted by Crippen LogP contribution is 2.30. The van der Waals surface area contributed by atoms with Crippen molar-refractivity contribution in [3.05, 3.63) is 82.2 Å². The molecule has 184 valence electrons. The molecule has 7 nitrogen and oxygen atoms in total. The summed E-state index contributed by atoms with van der Waals surface area (Å²) in [5, 5.41) is -0.246. The minimum absolute atomic E-state index is 0.0557. The van der Waals surface area contributed by atoms with Crippen molar-refractivity contribution in [2.75, 3.05) is 12.3 Å². The van der Waals surface area contributed by atoms with Gasteiger partial charge in [-0.2, -0.15) is 13.2 Å². The van der Waals surface area contributed by atoms with E-state index in [9.17, 15) is 31.2 Å². The zero-order valence-corrected chi connectivity index (χ0v) is 19.5. The Kier molecular flexibility index (Phi) is 6.54. The van der Waals surface area contributed by atoms with Crippen molar-refractivity contribution < 1.29 is 31.2 Å². The number of rotatable bonds is 6. The van der Waals surface area contributed by atoms with Gasteiger partial charge >= 0.3 is 6.18 Å². The molecular formula is C24H22F3N3O4S. The number of benzene rings is 2. The number of nitrogens with one attached hydrogen (secondary N) is 1. The number of alkyl halides is 3. The van der Waals surface area contributed by atoms with E-state index < -0.39 is 33.3 Å². The van der Waals surface area contributed by atoms with Gasteiger partial charge in [0.05, 0.1) is 17.5 Å². The van der Waals surface area contributed by atoms with E-state index >= 15 is 0 Å². The second-order valence-corrected chi connectivity index (χ2v) is 10.3. The molecule has 0 saturated heterocycles. The van der Waals surface area contributed by atoms with Gasteiger partial charge in [-0.15, -0.1) is 0 Å². The quantitative estimate of drug-likeness (QED) is 0.510. The minimum Gasteiger partial charge on any atom is -0.333 e. The topological polar surface area (TPSA) is 100 Å². The summed E-state index contributed by atoms with van der Waals surface area (Å²) in [5.74, 6) is -0.892. The third-order valence-electron chi connectivity index (χ3n) is 5.82. The first kappa shape index (κ1) is 24.6. The van der Waals surface area contributed by atoms with Crippen LogP contribution in [0.1, 0.15) is 56.4 Å². The van der Waals surface area contributed by atoms with Crippen LogP contribution in [0.2, 0.25) is 0 Å². The summed E-state index contributed by atoms with van der Waals surface area (Å²) in [5.41, 5.74) is 1.22. The molecule has 0 saturated carbocycles. The molecule has 1 aromatic heterocycles. The van der Waals surface area contributed by atoms with Crippen LogP contribution in [-0.2, 0) is 29.0 Å². The number of halogens is 3. The fourth-order valence-corrected chi connectivity index (χ4v) is 5.28. The first-order valence-corrected chi connectivity index (χ1v) is 12.6. The van der Waals surface area contributed by atoms with Gasteiger partial charge in [-0.25, -0.2) is 13.4 Å². The number of ketones is 1. The molecule has 3 aromatic rings. The maximum Gasteiger partial charge on any atom is 0.416 e. The Morgan fingerprint density at radius 2 is 1.83 bits per heavy atom. The molecule has 0 fully saturated rings. The monoisotopic (exact) mass is 505 g/mol. The number of sulfone groups is 1.